The molecule has 45 heavy (non-hydrogen) atoms. The highest BCUT2D eigenvalue weighted by molar-refractivity contribution is 7.92. The predicted octanol–water partition coefficient (Wildman–Crippen LogP) is 7.32. The SMILES string of the molecule is CCCNC(=O)[C@@H](Cc1ccccc1)N(Cc1ccc(Cl)c(Cl)c1)C(=O)CN(c1cccc(Cl)c1C)S(=O)(=O)c1ccccc1. The van der Waals surface area contributed by atoms with E-state index in [0.29, 0.717) is 39.2 Å². The summed E-state index contributed by atoms with van der Waals surface area (Å²) in [5.74, 6) is -0.946. The summed E-state index contributed by atoms with van der Waals surface area (Å²) in [5.41, 5.74) is 2.20. The predicted molar refractivity (Wildman–Crippen MR) is 181 cm³/mol. The summed E-state index contributed by atoms with van der Waals surface area (Å²) in [6.45, 7) is 3.42. The van der Waals surface area contributed by atoms with Gasteiger partial charge in [0.15, 0.2) is 0 Å². The first-order valence-corrected chi connectivity index (χ1v) is 17.0. The van der Waals surface area contributed by atoms with Crippen LogP contribution in [0.25, 0.3) is 0 Å². The summed E-state index contributed by atoms with van der Waals surface area (Å²) in [6, 6.07) is 26.1. The fraction of sp³-hybridized carbons (Fsp3) is 0.235. The third-order valence-electron chi connectivity index (χ3n) is 7.28. The smallest absolute Gasteiger partial charge is 0.264 e. The zero-order chi connectivity index (χ0) is 32.6. The first-order valence-electron chi connectivity index (χ1n) is 14.4. The van der Waals surface area contributed by atoms with Crippen LogP contribution in [0, 0.1) is 6.92 Å². The van der Waals surface area contributed by atoms with Crippen LogP contribution in [0.3, 0.4) is 0 Å². The van der Waals surface area contributed by atoms with Crippen molar-refractivity contribution in [2.45, 2.75) is 44.2 Å². The molecule has 4 aromatic carbocycles. The molecule has 0 bridgehead atoms. The van der Waals surface area contributed by atoms with Crippen LogP contribution in [0.2, 0.25) is 15.1 Å². The van der Waals surface area contributed by atoms with Gasteiger partial charge in [0.1, 0.15) is 12.6 Å². The fourth-order valence-corrected chi connectivity index (χ4v) is 6.84. The van der Waals surface area contributed by atoms with Crippen molar-refractivity contribution in [1.82, 2.24) is 10.2 Å². The van der Waals surface area contributed by atoms with Crippen LogP contribution in [-0.2, 0) is 32.6 Å². The van der Waals surface area contributed by atoms with Crippen LogP contribution in [0.15, 0.2) is 102 Å². The van der Waals surface area contributed by atoms with E-state index >= 15 is 0 Å². The minimum absolute atomic E-state index is 0.00901. The minimum Gasteiger partial charge on any atom is -0.354 e. The maximum Gasteiger partial charge on any atom is 0.264 e. The molecule has 0 aromatic heterocycles. The third kappa shape index (κ3) is 8.58. The Morgan fingerprint density at radius 1 is 0.800 bits per heavy atom. The molecule has 4 aromatic rings. The zero-order valence-electron chi connectivity index (χ0n) is 24.9. The molecule has 0 spiro atoms. The number of hydrogen-bond acceptors (Lipinski definition) is 4. The molecule has 0 unspecified atom stereocenters. The normalized spacial score (nSPS) is 11.9. The van der Waals surface area contributed by atoms with E-state index in [9.17, 15) is 18.0 Å². The fourth-order valence-electron chi connectivity index (χ4n) is 4.85. The van der Waals surface area contributed by atoms with Crippen LogP contribution in [0.4, 0.5) is 5.69 Å². The van der Waals surface area contributed by atoms with E-state index in [1.165, 1.54) is 17.0 Å². The first-order chi connectivity index (χ1) is 21.5. The van der Waals surface area contributed by atoms with Crippen molar-refractivity contribution in [3.8, 4) is 0 Å². The quantitative estimate of drug-likeness (QED) is 0.160. The molecule has 1 atom stereocenters. The number of benzene rings is 4. The average Bonchev–Trinajstić information content (AvgIpc) is 3.04. The van der Waals surface area contributed by atoms with Crippen molar-refractivity contribution in [2.24, 2.45) is 0 Å². The molecule has 7 nitrogen and oxygen atoms in total. The van der Waals surface area contributed by atoms with Gasteiger partial charge in [-0.2, -0.15) is 0 Å². The van der Waals surface area contributed by atoms with Crippen LogP contribution in [-0.4, -0.2) is 44.3 Å². The number of nitrogens with zero attached hydrogens (tertiary/aromatic N) is 2. The van der Waals surface area contributed by atoms with Gasteiger partial charge in [-0.05, 0) is 66.4 Å². The second-order valence-electron chi connectivity index (χ2n) is 10.5. The second kappa shape index (κ2) is 15.6. The first kappa shape index (κ1) is 34.3. The maximum absolute atomic E-state index is 14.5. The van der Waals surface area contributed by atoms with Crippen molar-refractivity contribution in [3.05, 3.63) is 129 Å². The van der Waals surface area contributed by atoms with E-state index in [1.807, 2.05) is 37.3 Å². The number of carbonyl (C=O) groups is 2. The molecular formula is C34H34Cl3N3O4S. The highest BCUT2D eigenvalue weighted by Gasteiger charge is 2.35. The highest BCUT2D eigenvalue weighted by Crippen LogP contribution is 2.31. The minimum atomic E-state index is -4.24. The Labute approximate surface area is 279 Å². The molecule has 0 aliphatic carbocycles. The van der Waals surface area contributed by atoms with Crippen molar-refractivity contribution < 1.29 is 18.0 Å². The van der Waals surface area contributed by atoms with E-state index in [2.05, 4.69) is 5.32 Å². The summed E-state index contributed by atoms with van der Waals surface area (Å²) in [4.78, 5) is 29.7. The zero-order valence-corrected chi connectivity index (χ0v) is 28.0. The molecule has 4 rings (SSSR count). The molecule has 0 saturated carbocycles. The summed E-state index contributed by atoms with van der Waals surface area (Å²) in [6.07, 6.45) is 0.896. The molecule has 0 heterocycles. The Bertz CT molecular complexity index is 1740. The lowest BCUT2D eigenvalue weighted by Gasteiger charge is -2.34. The van der Waals surface area contributed by atoms with Crippen LogP contribution in [0.1, 0.15) is 30.0 Å². The summed E-state index contributed by atoms with van der Waals surface area (Å²) < 4.78 is 29.3. The van der Waals surface area contributed by atoms with Gasteiger partial charge < -0.3 is 10.2 Å². The van der Waals surface area contributed by atoms with E-state index in [4.69, 9.17) is 34.8 Å². The molecule has 0 saturated heterocycles. The number of carbonyl (C=O) groups excluding carboxylic acids is 2. The molecule has 0 fully saturated rings. The van der Waals surface area contributed by atoms with E-state index in [1.54, 1.807) is 61.5 Å². The Kier molecular flexibility index (Phi) is 11.9. The number of amides is 2. The second-order valence-corrected chi connectivity index (χ2v) is 13.6. The molecular weight excluding hydrogens is 653 g/mol. The molecule has 11 heteroatoms. The number of anilines is 1. The van der Waals surface area contributed by atoms with Crippen LogP contribution in [0.5, 0.6) is 0 Å². The van der Waals surface area contributed by atoms with Gasteiger partial charge in [-0.1, -0.05) is 102 Å². The Hall–Kier alpha value is -3.56. The monoisotopic (exact) mass is 685 g/mol. The number of rotatable bonds is 13. The molecule has 0 radical (unpaired) electrons. The number of hydrogen-bond donors (Lipinski definition) is 1. The Balaban J connectivity index is 1.83. The highest BCUT2D eigenvalue weighted by atomic mass is 35.5. The average molecular weight is 687 g/mol. The van der Waals surface area contributed by atoms with Gasteiger partial charge in [0.2, 0.25) is 11.8 Å². The van der Waals surface area contributed by atoms with Gasteiger partial charge >= 0.3 is 0 Å². The lowest BCUT2D eigenvalue weighted by Crippen LogP contribution is -2.53. The number of halogens is 3. The van der Waals surface area contributed by atoms with E-state index < -0.39 is 28.5 Å². The summed E-state index contributed by atoms with van der Waals surface area (Å²) >= 11 is 18.9. The van der Waals surface area contributed by atoms with Gasteiger partial charge in [-0.25, -0.2) is 8.42 Å². The van der Waals surface area contributed by atoms with Crippen molar-refractivity contribution >= 4 is 62.3 Å². The molecule has 0 aliphatic rings. The van der Waals surface area contributed by atoms with Crippen molar-refractivity contribution in [2.75, 3.05) is 17.4 Å². The lowest BCUT2D eigenvalue weighted by atomic mass is 10.0. The van der Waals surface area contributed by atoms with E-state index in [-0.39, 0.29) is 29.5 Å². The molecule has 236 valence electrons. The van der Waals surface area contributed by atoms with Gasteiger partial charge in [-0.3, -0.25) is 13.9 Å². The van der Waals surface area contributed by atoms with Crippen LogP contribution < -0.4 is 9.62 Å². The summed E-state index contributed by atoms with van der Waals surface area (Å²) in [5, 5.41) is 3.91. The lowest BCUT2D eigenvalue weighted by molar-refractivity contribution is -0.140. The number of nitrogens with one attached hydrogen (secondary N) is 1. The summed E-state index contributed by atoms with van der Waals surface area (Å²) in [7, 11) is -4.24. The van der Waals surface area contributed by atoms with Gasteiger partial charge in [-0.15, -0.1) is 0 Å². The van der Waals surface area contributed by atoms with Crippen LogP contribution >= 0.6 is 34.8 Å². The largest absolute Gasteiger partial charge is 0.354 e. The number of sulfonamides is 1. The van der Waals surface area contributed by atoms with E-state index in [0.717, 1.165) is 9.87 Å². The molecule has 2 amide bonds. The van der Waals surface area contributed by atoms with Crippen molar-refractivity contribution in [3.63, 3.8) is 0 Å². The molecule has 1 N–H and O–H groups in total. The van der Waals surface area contributed by atoms with Gasteiger partial charge in [0.25, 0.3) is 10.0 Å². The Morgan fingerprint density at radius 2 is 1.47 bits per heavy atom. The topological polar surface area (TPSA) is 86.8 Å². The van der Waals surface area contributed by atoms with Gasteiger partial charge in [0.05, 0.1) is 20.6 Å². The third-order valence-corrected chi connectivity index (χ3v) is 10.2. The maximum atomic E-state index is 14.5. The Morgan fingerprint density at radius 3 is 2.11 bits per heavy atom. The van der Waals surface area contributed by atoms with Crippen molar-refractivity contribution in [1.29, 1.82) is 0 Å². The van der Waals surface area contributed by atoms with Gasteiger partial charge in [0, 0.05) is 24.5 Å². The standard InChI is InChI=1S/C34H34Cl3N3O4S/c1-3-19-38-34(42)32(21-25-11-6-4-7-12-25)39(22-26-17-18-29(36)30(37)20-26)33(41)23-40(31-16-10-15-28(35)24(31)2)45(43,44)27-13-8-5-9-14-27/h4-18,20,32H,3,19,21-23H2,1-2H3,(H,38,42)/t32-/m1/s1. The molecule has 0 aliphatic heterocycles.